The van der Waals surface area contributed by atoms with Crippen molar-refractivity contribution in [1.29, 1.82) is 0 Å². The molecule has 0 saturated heterocycles. The molecule has 0 radical (unpaired) electrons. The first-order chi connectivity index (χ1) is 16.7. The van der Waals surface area contributed by atoms with Crippen LogP contribution in [0.5, 0.6) is 0 Å². The number of carbonyl (C=O) groups is 2. The Labute approximate surface area is 243 Å². The Hall–Kier alpha value is -0.230. The second-order valence-electron chi connectivity index (χ2n) is 12.6. The standard InChI is InChI=1S/C26H43NO8S.Na/c1-15(4-7-22(29)27-14-23(30)31)18-5-6-19-24-20(9-11-26(18,19)3)25(2)10-8-17(35-36(32,33)34)12-16(25)13-21(24)28;/h15-21,24,28H,4-14H2,1-3H3,(H,27,29)(H,30,31)(H,32,33,34);/q;+1/p-1/t15-,16+,17-,18-,19+,20+,21+,24+,25+,26-;/m1./s1. The van der Waals surface area contributed by atoms with Crippen molar-refractivity contribution >= 4 is 22.3 Å². The molecule has 206 valence electrons. The van der Waals surface area contributed by atoms with Crippen LogP contribution in [0, 0.1) is 46.3 Å². The summed E-state index contributed by atoms with van der Waals surface area (Å²) in [5.41, 5.74) is 0.114. The van der Waals surface area contributed by atoms with Gasteiger partial charge in [-0.05, 0) is 104 Å². The molecule has 3 N–H and O–H groups in total. The topological polar surface area (TPSA) is 153 Å². The number of hydrogen-bond donors (Lipinski definition) is 3. The second kappa shape index (κ2) is 11.7. The molecule has 0 aliphatic heterocycles. The monoisotopic (exact) mass is 551 g/mol. The maximum Gasteiger partial charge on any atom is 1.00 e. The van der Waals surface area contributed by atoms with Gasteiger partial charge in [-0.25, -0.2) is 4.18 Å². The number of aliphatic hydroxyl groups excluding tert-OH is 1. The maximum atomic E-state index is 12.0. The zero-order chi connectivity index (χ0) is 26.5. The molecule has 11 heteroatoms. The average molecular weight is 552 g/mol. The van der Waals surface area contributed by atoms with Crippen LogP contribution in [0.15, 0.2) is 0 Å². The third kappa shape index (κ3) is 6.41. The van der Waals surface area contributed by atoms with Crippen molar-refractivity contribution in [3.05, 3.63) is 0 Å². The first kappa shape index (κ1) is 31.3. The quantitative estimate of drug-likeness (QED) is 0.259. The summed E-state index contributed by atoms with van der Waals surface area (Å²) in [7, 11) is -4.49. The third-order valence-corrected chi connectivity index (χ3v) is 11.4. The van der Waals surface area contributed by atoms with E-state index in [-0.39, 0.29) is 58.1 Å². The van der Waals surface area contributed by atoms with Crippen molar-refractivity contribution in [2.75, 3.05) is 6.54 Å². The molecule has 37 heavy (non-hydrogen) atoms. The van der Waals surface area contributed by atoms with Gasteiger partial charge in [-0.15, -0.1) is 0 Å². The number of aliphatic hydroxyl groups is 1. The molecule has 0 aromatic rings. The normalized spacial score (nSPS) is 41.9. The van der Waals surface area contributed by atoms with Crippen LogP contribution in [0.2, 0.25) is 0 Å². The van der Waals surface area contributed by atoms with Crippen LogP contribution in [0.3, 0.4) is 0 Å². The number of carbonyl (C=O) groups excluding carboxylic acids is 2. The van der Waals surface area contributed by atoms with E-state index in [1.54, 1.807) is 0 Å². The van der Waals surface area contributed by atoms with Gasteiger partial charge in [0.25, 0.3) is 0 Å². The van der Waals surface area contributed by atoms with E-state index in [1.165, 1.54) is 0 Å². The molecule has 4 aliphatic carbocycles. The molecule has 10 atom stereocenters. The minimum atomic E-state index is -4.49. The Morgan fingerprint density at radius 3 is 2.38 bits per heavy atom. The molecule has 4 rings (SSSR count). The van der Waals surface area contributed by atoms with E-state index in [0.717, 1.165) is 32.1 Å². The summed E-state index contributed by atoms with van der Waals surface area (Å²) in [5.74, 6) is 0.388. The minimum absolute atomic E-state index is 0. The largest absolute Gasteiger partial charge is 1.00 e. The van der Waals surface area contributed by atoms with E-state index in [2.05, 4.69) is 26.1 Å². The van der Waals surface area contributed by atoms with E-state index in [0.29, 0.717) is 55.8 Å². The van der Waals surface area contributed by atoms with Crippen LogP contribution < -0.4 is 40.0 Å². The van der Waals surface area contributed by atoms with Crippen LogP contribution in [-0.4, -0.2) is 48.7 Å². The SMILES string of the molecule is C[C@H](CCC(=O)NCC(=O)[O-])[C@H]1CC[C@H]2[C@@H]3[C@@H](O)C[C@@H]4C[C@H](OS(=O)(=O)O)CC[C@]4(C)[C@H]3CC[C@]12C.[Na+]. The summed E-state index contributed by atoms with van der Waals surface area (Å²) < 4.78 is 36.6. The average Bonchev–Trinajstić information content (AvgIpc) is 3.13. The van der Waals surface area contributed by atoms with Gasteiger partial charge in [0.05, 0.1) is 24.7 Å². The summed E-state index contributed by atoms with van der Waals surface area (Å²) in [6.07, 6.45) is 6.87. The number of rotatable bonds is 8. The molecular formula is C26H42NNaO8S. The second-order valence-corrected chi connectivity index (χ2v) is 13.7. The Bertz CT molecular complexity index is 962. The molecule has 0 aromatic heterocycles. The van der Waals surface area contributed by atoms with Crippen molar-refractivity contribution in [2.45, 2.75) is 97.2 Å². The van der Waals surface area contributed by atoms with Crippen LogP contribution in [0.25, 0.3) is 0 Å². The molecule has 4 fully saturated rings. The first-order valence-corrected chi connectivity index (χ1v) is 14.9. The molecule has 0 unspecified atom stereocenters. The van der Waals surface area contributed by atoms with E-state index in [9.17, 15) is 28.2 Å². The molecule has 9 nitrogen and oxygen atoms in total. The smallest absolute Gasteiger partial charge is 0.548 e. The van der Waals surface area contributed by atoms with Crippen molar-refractivity contribution in [1.82, 2.24) is 5.32 Å². The molecule has 1 amide bonds. The molecule has 4 saturated carbocycles. The Morgan fingerprint density at radius 1 is 1.08 bits per heavy atom. The van der Waals surface area contributed by atoms with E-state index in [1.807, 2.05) is 0 Å². The number of fused-ring (bicyclic) bond motifs is 5. The Morgan fingerprint density at radius 2 is 1.73 bits per heavy atom. The fraction of sp³-hybridized carbons (Fsp3) is 0.923. The number of carboxylic acid groups (broad SMARTS) is 1. The molecule has 0 spiro atoms. The van der Waals surface area contributed by atoms with Crippen LogP contribution in [0.1, 0.15) is 85.0 Å². The Balaban J connectivity index is 0.00000380. The summed E-state index contributed by atoms with van der Waals surface area (Å²) in [6.45, 7) is 6.42. The van der Waals surface area contributed by atoms with Crippen molar-refractivity contribution < 1.29 is 66.5 Å². The summed E-state index contributed by atoms with van der Waals surface area (Å²) >= 11 is 0. The van der Waals surface area contributed by atoms with Crippen molar-refractivity contribution in [3.63, 3.8) is 0 Å². The van der Waals surface area contributed by atoms with E-state index >= 15 is 0 Å². The predicted molar refractivity (Wildman–Crippen MR) is 129 cm³/mol. The van der Waals surface area contributed by atoms with Gasteiger partial charge < -0.3 is 20.3 Å². The van der Waals surface area contributed by atoms with Crippen LogP contribution in [0.4, 0.5) is 0 Å². The Kier molecular flexibility index (Phi) is 9.91. The molecule has 0 bridgehead atoms. The zero-order valence-corrected chi connectivity index (χ0v) is 25.5. The summed E-state index contributed by atoms with van der Waals surface area (Å²) in [5, 5.41) is 24.4. The number of carboxylic acids is 1. The van der Waals surface area contributed by atoms with Gasteiger partial charge in [-0.3, -0.25) is 9.35 Å². The van der Waals surface area contributed by atoms with Gasteiger partial charge in [0.1, 0.15) is 0 Å². The van der Waals surface area contributed by atoms with Gasteiger partial charge >= 0.3 is 40.0 Å². The predicted octanol–water partition coefficient (Wildman–Crippen LogP) is -0.909. The minimum Gasteiger partial charge on any atom is -0.548 e. The van der Waals surface area contributed by atoms with Crippen LogP contribution >= 0.6 is 0 Å². The number of aliphatic carboxylic acids is 1. The van der Waals surface area contributed by atoms with Crippen LogP contribution in [-0.2, 0) is 24.2 Å². The molecular weight excluding hydrogens is 509 g/mol. The first-order valence-electron chi connectivity index (χ1n) is 13.5. The molecule has 0 aromatic carbocycles. The van der Waals surface area contributed by atoms with Gasteiger partial charge in [-0.1, -0.05) is 20.8 Å². The zero-order valence-electron chi connectivity index (χ0n) is 22.6. The third-order valence-electron chi connectivity index (χ3n) is 10.9. The fourth-order valence-electron chi connectivity index (χ4n) is 9.24. The maximum absolute atomic E-state index is 12.0. The summed E-state index contributed by atoms with van der Waals surface area (Å²) in [6, 6.07) is 0. The molecule has 4 aliphatic rings. The molecule has 0 heterocycles. The van der Waals surface area contributed by atoms with Gasteiger partial charge in [0.2, 0.25) is 5.91 Å². The number of hydrogen-bond acceptors (Lipinski definition) is 7. The number of nitrogens with one attached hydrogen (secondary N) is 1. The summed E-state index contributed by atoms with van der Waals surface area (Å²) in [4.78, 5) is 22.6. The van der Waals surface area contributed by atoms with E-state index in [4.69, 9.17) is 8.74 Å². The van der Waals surface area contributed by atoms with Gasteiger partial charge in [0, 0.05) is 6.42 Å². The number of amides is 1. The van der Waals surface area contributed by atoms with Crippen molar-refractivity contribution in [3.8, 4) is 0 Å². The van der Waals surface area contributed by atoms with Gasteiger partial charge in [-0.2, -0.15) is 8.42 Å². The van der Waals surface area contributed by atoms with Crippen molar-refractivity contribution in [2.24, 2.45) is 46.3 Å². The van der Waals surface area contributed by atoms with E-state index < -0.39 is 35.1 Å². The fourth-order valence-corrected chi connectivity index (χ4v) is 9.76. The van der Waals surface area contributed by atoms with Gasteiger partial charge in [0.15, 0.2) is 0 Å².